The number of rotatable bonds is 3. The van der Waals surface area contributed by atoms with Crippen LogP contribution in [-0.2, 0) is 4.79 Å². The molecule has 4 heteroatoms. The zero-order valence-corrected chi connectivity index (χ0v) is 10.9. The quantitative estimate of drug-likeness (QED) is 0.882. The van der Waals surface area contributed by atoms with Crippen LogP contribution in [-0.4, -0.2) is 11.4 Å². The second-order valence-corrected chi connectivity index (χ2v) is 5.93. The summed E-state index contributed by atoms with van der Waals surface area (Å²) in [5.41, 5.74) is 5.89. The highest BCUT2D eigenvalue weighted by Crippen LogP contribution is 2.52. The van der Waals surface area contributed by atoms with Crippen molar-refractivity contribution in [3.63, 3.8) is 0 Å². The number of benzene rings is 1. The molecule has 3 unspecified atom stereocenters. The van der Waals surface area contributed by atoms with Crippen molar-refractivity contribution >= 4 is 23.2 Å². The van der Waals surface area contributed by atoms with Gasteiger partial charge in [0.2, 0.25) is 5.91 Å². The van der Waals surface area contributed by atoms with Gasteiger partial charge in [0, 0.05) is 0 Å². The van der Waals surface area contributed by atoms with Crippen molar-refractivity contribution in [3.8, 4) is 0 Å². The molecule has 0 spiro atoms. The maximum atomic E-state index is 11.9. The molecule has 2 bridgehead atoms. The van der Waals surface area contributed by atoms with Crippen LogP contribution in [0.2, 0.25) is 5.02 Å². The predicted molar refractivity (Wildman–Crippen MR) is 72.4 cm³/mol. The zero-order chi connectivity index (χ0) is 12.8. The molecule has 1 amide bonds. The number of para-hydroxylation sites is 1. The highest BCUT2D eigenvalue weighted by atomic mass is 35.5. The van der Waals surface area contributed by atoms with Gasteiger partial charge in [-0.15, -0.1) is 0 Å². The number of halogens is 1. The Kier molecular flexibility index (Phi) is 2.74. The molecule has 96 valence electrons. The number of nitrogens with one attached hydrogen (secondary N) is 1. The first-order chi connectivity index (χ1) is 8.62. The van der Waals surface area contributed by atoms with Crippen LogP contribution in [0.3, 0.4) is 0 Å². The zero-order valence-electron chi connectivity index (χ0n) is 10.2. The molecule has 1 aromatic rings. The summed E-state index contributed by atoms with van der Waals surface area (Å²) >= 11 is 6.16. The van der Waals surface area contributed by atoms with Crippen molar-refractivity contribution in [1.82, 2.24) is 0 Å². The van der Waals surface area contributed by atoms with Crippen molar-refractivity contribution in [2.75, 3.05) is 5.32 Å². The van der Waals surface area contributed by atoms with Crippen LogP contribution in [0.15, 0.2) is 24.3 Å². The molecule has 2 aliphatic rings. The minimum atomic E-state index is -0.589. The lowest BCUT2D eigenvalue weighted by Crippen LogP contribution is -2.54. The predicted octanol–water partition coefficient (Wildman–Crippen LogP) is 2.80. The number of nitrogens with two attached hydrogens (primary N) is 1. The number of fused-ring (bicyclic) bond motifs is 2. The minimum Gasteiger partial charge on any atom is -0.370 e. The summed E-state index contributed by atoms with van der Waals surface area (Å²) < 4.78 is 0. The molecule has 3 N–H and O–H groups in total. The molecule has 18 heavy (non-hydrogen) atoms. The molecule has 0 heterocycles. The second kappa shape index (κ2) is 4.16. The van der Waals surface area contributed by atoms with Crippen LogP contribution in [0, 0.1) is 11.8 Å². The Bertz CT molecular complexity index is 490. The Labute approximate surface area is 112 Å². The van der Waals surface area contributed by atoms with E-state index in [1.54, 1.807) is 0 Å². The fraction of sp³-hybridized carbons (Fsp3) is 0.500. The molecule has 2 fully saturated rings. The molecule has 0 saturated heterocycles. The van der Waals surface area contributed by atoms with E-state index in [0.717, 1.165) is 24.9 Å². The highest BCUT2D eigenvalue weighted by Gasteiger charge is 2.54. The second-order valence-electron chi connectivity index (χ2n) is 5.52. The summed E-state index contributed by atoms with van der Waals surface area (Å²) in [5, 5.41) is 3.99. The first-order valence-corrected chi connectivity index (χ1v) is 6.82. The lowest BCUT2D eigenvalue weighted by Gasteiger charge is -2.36. The lowest BCUT2D eigenvalue weighted by atomic mass is 9.80. The molecule has 2 aliphatic carbocycles. The van der Waals surface area contributed by atoms with Gasteiger partial charge in [-0.1, -0.05) is 23.7 Å². The van der Waals surface area contributed by atoms with Gasteiger partial charge in [0.05, 0.1) is 10.7 Å². The molecule has 2 saturated carbocycles. The van der Waals surface area contributed by atoms with E-state index in [4.69, 9.17) is 17.3 Å². The first kappa shape index (κ1) is 11.8. The molecule has 1 aromatic carbocycles. The number of hydrogen-bond donors (Lipinski definition) is 2. The average molecular weight is 265 g/mol. The van der Waals surface area contributed by atoms with Crippen LogP contribution >= 0.6 is 11.6 Å². The first-order valence-electron chi connectivity index (χ1n) is 6.44. The van der Waals surface area contributed by atoms with Crippen molar-refractivity contribution in [1.29, 1.82) is 0 Å². The van der Waals surface area contributed by atoms with E-state index in [0.29, 0.717) is 16.9 Å². The molecule has 0 aromatic heterocycles. The van der Waals surface area contributed by atoms with Gasteiger partial charge in [0.25, 0.3) is 0 Å². The Hall–Kier alpha value is -1.22. The summed E-state index contributed by atoms with van der Waals surface area (Å²) in [7, 11) is 0. The van der Waals surface area contributed by atoms with Crippen LogP contribution in [0.1, 0.15) is 25.7 Å². The maximum absolute atomic E-state index is 11.9. The van der Waals surface area contributed by atoms with Crippen LogP contribution in [0.5, 0.6) is 0 Å². The topological polar surface area (TPSA) is 55.1 Å². The van der Waals surface area contributed by atoms with Gasteiger partial charge in [0.1, 0.15) is 5.54 Å². The number of hydrogen-bond acceptors (Lipinski definition) is 2. The molecule has 3 atom stereocenters. The van der Waals surface area contributed by atoms with Crippen LogP contribution in [0.25, 0.3) is 0 Å². The highest BCUT2D eigenvalue weighted by molar-refractivity contribution is 6.33. The van der Waals surface area contributed by atoms with Crippen molar-refractivity contribution < 1.29 is 4.79 Å². The van der Waals surface area contributed by atoms with Gasteiger partial charge in [-0.05, 0) is 49.7 Å². The Balaban J connectivity index is 1.93. The van der Waals surface area contributed by atoms with E-state index in [9.17, 15) is 4.79 Å². The van der Waals surface area contributed by atoms with E-state index >= 15 is 0 Å². The van der Waals surface area contributed by atoms with Gasteiger partial charge in [0.15, 0.2) is 0 Å². The molecular formula is C14H17ClN2O. The third-order valence-electron chi connectivity index (χ3n) is 4.52. The van der Waals surface area contributed by atoms with Crippen LogP contribution in [0.4, 0.5) is 5.69 Å². The fourth-order valence-corrected chi connectivity index (χ4v) is 3.83. The lowest BCUT2D eigenvalue weighted by molar-refractivity contribution is -0.123. The number of carbonyl (C=O) groups is 1. The average Bonchev–Trinajstić information content (AvgIpc) is 2.93. The van der Waals surface area contributed by atoms with Crippen molar-refractivity contribution in [2.24, 2.45) is 17.6 Å². The SMILES string of the molecule is NC(=O)C1(Nc2ccccc2Cl)CC2CCC1C2. The molecular weight excluding hydrogens is 248 g/mol. The van der Waals surface area contributed by atoms with Gasteiger partial charge in [-0.2, -0.15) is 0 Å². The number of anilines is 1. The Morgan fingerprint density at radius 1 is 1.39 bits per heavy atom. The molecule has 0 radical (unpaired) electrons. The number of carbonyl (C=O) groups excluding carboxylic acids is 1. The van der Waals surface area contributed by atoms with E-state index < -0.39 is 5.54 Å². The third-order valence-corrected chi connectivity index (χ3v) is 4.85. The van der Waals surface area contributed by atoms with E-state index in [-0.39, 0.29) is 5.91 Å². The van der Waals surface area contributed by atoms with Gasteiger partial charge in [-0.3, -0.25) is 4.79 Å². The van der Waals surface area contributed by atoms with Crippen molar-refractivity contribution in [3.05, 3.63) is 29.3 Å². The summed E-state index contributed by atoms with van der Waals surface area (Å²) in [6.45, 7) is 0. The largest absolute Gasteiger partial charge is 0.370 e. The number of amides is 1. The Morgan fingerprint density at radius 2 is 2.17 bits per heavy atom. The van der Waals surface area contributed by atoms with E-state index in [1.807, 2.05) is 24.3 Å². The van der Waals surface area contributed by atoms with Crippen molar-refractivity contribution in [2.45, 2.75) is 31.2 Å². The monoisotopic (exact) mass is 264 g/mol. The van der Waals surface area contributed by atoms with Crippen LogP contribution < -0.4 is 11.1 Å². The molecule has 3 nitrogen and oxygen atoms in total. The summed E-state index contributed by atoms with van der Waals surface area (Å²) in [4.78, 5) is 11.9. The normalized spacial score (nSPS) is 33.6. The minimum absolute atomic E-state index is 0.241. The third kappa shape index (κ3) is 1.69. The van der Waals surface area contributed by atoms with Gasteiger partial charge in [-0.25, -0.2) is 0 Å². The smallest absolute Gasteiger partial charge is 0.243 e. The summed E-state index contributed by atoms with van der Waals surface area (Å²) in [6, 6.07) is 7.52. The standard InChI is InChI=1S/C14H17ClN2O/c15-11-3-1-2-4-12(11)17-14(13(16)18)8-9-5-6-10(14)7-9/h1-4,9-10,17H,5-8H2,(H2,16,18). The molecule has 3 rings (SSSR count). The van der Waals surface area contributed by atoms with E-state index in [1.165, 1.54) is 6.42 Å². The van der Waals surface area contributed by atoms with E-state index in [2.05, 4.69) is 5.32 Å². The molecule has 0 aliphatic heterocycles. The maximum Gasteiger partial charge on any atom is 0.243 e. The fourth-order valence-electron chi connectivity index (χ4n) is 3.65. The number of primary amides is 1. The van der Waals surface area contributed by atoms with Gasteiger partial charge < -0.3 is 11.1 Å². The van der Waals surface area contributed by atoms with Gasteiger partial charge >= 0.3 is 0 Å². The summed E-state index contributed by atoms with van der Waals surface area (Å²) in [5.74, 6) is 0.753. The Morgan fingerprint density at radius 3 is 2.72 bits per heavy atom. The summed E-state index contributed by atoms with van der Waals surface area (Å²) in [6.07, 6.45) is 4.27.